The molecule has 0 spiro atoms. The molecule has 6 nitrogen and oxygen atoms in total. The van der Waals surface area contributed by atoms with Gasteiger partial charge in [-0.2, -0.15) is 0 Å². The lowest BCUT2D eigenvalue weighted by Gasteiger charge is -2.18. The van der Waals surface area contributed by atoms with Gasteiger partial charge in [0.2, 0.25) is 5.89 Å². The first-order valence-corrected chi connectivity index (χ1v) is 6.95. The highest BCUT2D eigenvalue weighted by molar-refractivity contribution is 5.64. The molecular weight excluding hydrogens is 272 g/mol. The highest BCUT2D eigenvalue weighted by Crippen LogP contribution is 2.34. The van der Waals surface area contributed by atoms with Gasteiger partial charge in [-0.1, -0.05) is 0 Å². The van der Waals surface area contributed by atoms with E-state index in [2.05, 4.69) is 10.2 Å². The monoisotopic (exact) mass is 290 g/mol. The summed E-state index contributed by atoms with van der Waals surface area (Å²) in [6.07, 6.45) is 2.04. The largest absolute Gasteiger partial charge is 0.497 e. The van der Waals surface area contributed by atoms with Gasteiger partial charge in [-0.05, 0) is 25.0 Å². The molecule has 1 atom stereocenters. The van der Waals surface area contributed by atoms with Crippen LogP contribution in [0.15, 0.2) is 22.6 Å². The molecule has 2 aromatic rings. The third kappa shape index (κ3) is 2.85. The maximum Gasteiger partial charge on any atom is 0.251 e. The molecule has 1 unspecified atom stereocenters. The average molecular weight is 290 g/mol. The van der Waals surface area contributed by atoms with Gasteiger partial charge in [0, 0.05) is 12.7 Å². The third-order valence-corrected chi connectivity index (χ3v) is 3.59. The molecule has 1 aliphatic heterocycles. The standard InChI is InChI=1S/C15H18N2O4/c1-18-11-5-6-12(13(8-11)19-2)15-17-16-14(21-15)10-4-3-7-20-9-10/h5-6,8,10H,3-4,7,9H2,1-2H3. The molecule has 1 fully saturated rings. The van der Waals surface area contributed by atoms with Crippen molar-refractivity contribution in [1.29, 1.82) is 0 Å². The fourth-order valence-corrected chi connectivity index (χ4v) is 2.42. The minimum Gasteiger partial charge on any atom is -0.497 e. The lowest BCUT2D eigenvalue weighted by molar-refractivity contribution is 0.0727. The summed E-state index contributed by atoms with van der Waals surface area (Å²) < 4.78 is 21.8. The van der Waals surface area contributed by atoms with E-state index in [1.165, 1.54) is 0 Å². The Morgan fingerprint density at radius 2 is 2.10 bits per heavy atom. The van der Waals surface area contributed by atoms with Gasteiger partial charge in [-0.15, -0.1) is 10.2 Å². The summed E-state index contributed by atoms with van der Waals surface area (Å²) in [4.78, 5) is 0. The van der Waals surface area contributed by atoms with Crippen LogP contribution in [0.1, 0.15) is 24.7 Å². The summed E-state index contributed by atoms with van der Waals surface area (Å²) in [5.74, 6) is 2.63. The summed E-state index contributed by atoms with van der Waals surface area (Å²) >= 11 is 0. The summed E-state index contributed by atoms with van der Waals surface area (Å²) in [7, 11) is 3.22. The average Bonchev–Trinajstić information content (AvgIpc) is 3.04. The zero-order chi connectivity index (χ0) is 14.7. The minimum atomic E-state index is 0.184. The highest BCUT2D eigenvalue weighted by Gasteiger charge is 2.23. The highest BCUT2D eigenvalue weighted by atomic mass is 16.5. The van der Waals surface area contributed by atoms with Crippen LogP contribution in [0.3, 0.4) is 0 Å². The molecule has 3 rings (SSSR count). The normalized spacial score (nSPS) is 18.5. The summed E-state index contributed by atoms with van der Waals surface area (Å²) in [6, 6.07) is 5.49. The summed E-state index contributed by atoms with van der Waals surface area (Å²) in [6.45, 7) is 1.45. The molecule has 6 heteroatoms. The molecule has 1 saturated heterocycles. The SMILES string of the molecule is COc1ccc(-c2nnc(C3CCCOC3)o2)c(OC)c1. The lowest BCUT2D eigenvalue weighted by atomic mass is 10.0. The van der Waals surface area contributed by atoms with E-state index in [4.69, 9.17) is 18.6 Å². The number of hydrogen-bond donors (Lipinski definition) is 0. The van der Waals surface area contributed by atoms with Gasteiger partial charge in [0.05, 0.1) is 32.3 Å². The van der Waals surface area contributed by atoms with E-state index in [-0.39, 0.29) is 5.92 Å². The van der Waals surface area contributed by atoms with Crippen LogP contribution in [-0.2, 0) is 4.74 Å². The van der Waals surface area contributed by atoms with Gasteiger partial charge >= 0.3 is 0 Å². The van der Waals surface area contributed by atoms with Gasteiger partial charge in [0.1, 0.15) is 11.5 Å². The molecule has 0 saturated carbocycles. The number of rotatable bonds is 4. The van der Waals surface area contributed by atoms with E-state index in [0.29, 0.717) is 24.1 Å². The topological polar surface area (TPSA) is 66.6 Å². The van der Waals surface area contributed by atoms with Crippen molar-refractivity contribution in [2.24, 2.45) is 0 Å². The molecule has 0 aliphatic carbocycles. The van der Waals surface area contributed by atoms with Crippen LogP contribution in [0.25, 0.3) is 11.5 Å². The first kappa shape index (κ1) is 13.9. The first-order valence-electron chi connectivity index (χ1n) is 6.95. The van der Waals surface area contributed by atoms with Crippen LogP contribution >= 0.6 is 0 Å². The van der Waals surface area contributed by atoms with Crippen LogP contribution in [0.5, 0.6) is 11.5 Å². The van der Waals surface area contributed by atoms with Crippen LogP contribution in [-0.4, -0.2) is 37.6 Å². The zero-order valence-corrected chi connectivity index (χ0v) is 12.2. The predicted octanol–water partition coefficient (Wildman–Crippen LogP) is 2.65. The fourth-order valence-electron chi connectivity index (χ4n) is 2.42. The molecular formula is C15H18N2O4. The predicted molar refractivity (Wildman–Crippen MR) is 75.6 cm³/mol. The van der Waals surface area contributed by atoms with Gasteiger partial charge in [-0.3, -0.25) is 0 Å². The molecule has 0 bridgehead atoms. The molecule has 1 aromatic carbocycles. The molecule has 1 aromatic heterocycles. The molecule has 0 radical (unpaired) electrons. The van der Waals surface area contributed by atoms with Gasteiger partial charge in [-0.25, -0.2) is 0 Å². The Morgan fingerprint density at radius 1 is 1.19 bits per heavy atom. The van der Waals surface area contributed by atoms with Gasteiger partial charge in [0.25, 0.3) is 5.89 Å². The number of aromatic nitrogens is 2. The van der Waals surface area contributed by atoms with Crippen LogP contribution in [0.4, 0.5) is 0 Å². The number of ether oxygens (including phenoxy) is 3. The van der Waals surface area contributed by atoms with E-state index in [1.54, 1.807) is 20.3 Å². The summed E-state index contributed by atoms with van der Waals surface area (Å²) in [5, 5.41) is 8.28. The second kappa shape index (κ2) is 6.13. The van der Waals surface area contributed by atoms with E-state index in [9.17, 15) is 0 Å². The van der Waals surface area contributed by atoms with E-state index >= 15 is 0 Å². The first-order chi connectivity index (χ1) is 10.3. The quantitative estimate of drug-likeness (QED) is 0.862. The Balaban J connectivity index is 1.88. The van der Waals surface area contributed by atoms with Crippen molar-refractivity contribution in [3.8, 4) is 23.0 Å². The van der Waals surface area contributed by atoms with E-state index < -0.39 is 0 Å². The zero-order valence-electron chi connectivity index (χ0n) is 12.2. The fraction of sp³-hybridized carbons (Fsp3) is 0.467. The van der Waals surface area contributed by atoms with Crippen molar-refractivity contribution in [3.63, 3.8) is 0 Å². The number of benzene rings is 1. The molecule has 0 N–H and O–H groups in total. The Labute approximate surface area is 123 Å². The number of methoxy groups -OCH3 is 2. The second-order valence-electron chi connectivity index (χ2n) is 4.93. The van der Waals surface area contributed by atoms with Crippen LogP contribution < -0.4 is 9.47 Å². The molecule has 2 heterocycles. The maximum atomic E-state index is 5.80. The molecule has 112 valence electrons. The van der Waals surface area contributed by atoms with Gasteiger partial charge in [0.15, 0.2) is 0 Å². The van der Waals surface area contributed by atoms with Crippen molar-refractivity contribution < 1.29 is 18.6 Å². The second-order valence-corrected chi connectivity index (χ2v) is 4.93. The lowest BCUT2D eigenvalue weighted by Crippen LogP contribution is -2.15. The maximum absolute atomic E-state index is 5.80. The van der Waals surface area contributed by atoms with Crippen LogP contribution in [0, 0.1) is 0 Å². The van der Waals surface area contributed by atoms with E-state index in [1.807, 2.05) is 12.1 Å². The van der Waals surface area contributed by atoms with Gasteiger partial charge < -0.3 is 18.6 Å². The molecule has 1 aliphatic rings. The Morgan fingerprint density at radius 3 is 2.81 bits per heavy atom. The third-order valence-electron chi connectivity index (χ3n) is 3.59. The Kier molecular flexibility index (Phi) is 4.06. The van der Waals surface area contributed by atoms with Crippen LogP contribution in [0.2, 0.25) is 0 Å². The molecule has 0 amide bonds. The number of nitrogens with zero attached hydrogens (tertiary/aromatic N) is 2. The van der Waals surface area contributed by atoms with Crippen molar-refractivity contribution in [1.82, 2.24) is 10.2 Å². The Bertz CT molecular complexity index is 605. The van der Waals surface area contributed by atoms with Crippen molar-refractivity contribution in [3.05, 3.63) is 24.1 Å². The van der Waals surface area contributed by atoms with Crippen molar-refractivity contribution in [2.75, 3.05) is 27.4 Å². The van der Waals surface area contributed by atoms with Crippen molar-refractivity contribution in [2.45, 2.75) is 18.8 Å². The number of hydrogen-bond acceptors (Lipinski definition) is 6. The van der Waals surface area contributed by atoms with E-state index in [0.717, 1.165) is 30.8 Å². The molecule has 21 heavy (non-hydrogen) atoms. The smallest absolute Gasteiger partial charge is 0.251 e. The van der Waals surface area contributed by atoms with Crippen molar-refractivity contribution >= 4 is 0 Å². The Hall–Kier alpha value is -2.08. The summed E-state index contributed by atoms with van der Waals surface area (Å²) in [5.41, 5.74) is 0.758. The minimum absolute atomic E-state index is 0.184.